The summed E-state index contributed by atoms with van der Waals surface area (Å²) in [5.41, 5.74) is 7.93. The maximum atomic E-state index is 12.0. The molecule has 0 aromatic heterocycles. The van der Waals surface area contributed by atoms with Gasteiger partial charge in [-0.1, -0.05) is 31.2 Å². The Morgan fingerprint density at radius 3 is 2.59 bits per heavy atom. The summed E-state index contributed by atoms with van der Waals surface area (Å²) in [7, 11) is 1.67. The molecule has 4 heteroatoms. The highest BCUT2D eigenvalue weighted by atomic mass is 16.5. The molecule has 0 spiro atoms. The summed E-state index contributed by atoms with van der Waals surface area (Å²) >= 11 is 0. The van der Waals surface area contributed by atoms with E-state index in [2.05, 4.69) is 36.1 Å². The standard InChI is InChI=1S/C18H28N2O2/c1-3-15-5-7-16(8-6-15)13-20-11-4-9-18(14-20,17(19)21)10-12-22-2/h5-8H,3-4,9-14H2,1-2H3,(H2,19,21). The van der Waals surface area contributed by atoms with Crippen LogP contribution in [0.4, 0.5) is 0 Å². The second-order valence-corrected chi connectivity index (χ2v) is 6.37. The van der Waals surface area contributed by atoms with Gasteiger partial charge in [0.25, 0.3) is 0 Å². The van der Waals surface area contributed by atoms with Crippen LogP contribution in [-0.2, 0) is 22.5 Å². The average molecular weight is 304 g/mol. The Kier molecular flexibility index (Phi) is 5.98. The third-order valence-corrected chi connectivity index (χ3v) is 4.80. The van der Waals surface area contributed by atoms with Crippen LogP contribution in [0.1, 0.15) is 37.3 Å². The van der Waals surface area contributed by atoms with Crippen molar-refractivity contribution in [1.82, 2.24) is 4.90 Å². The van der Waals surface area contributed by atoms with Gasteiger partial charge in [-0.2, -0.15) is 0 Å². The fourth-order valence-electron chi connectivity index (χ4n) is 3.33. The molecular weight excluding hydrogens is 276 g/mol. The molecule has 0 bridgehead atoms. The summed E-state index contributed by atoms with van der Waals surface area (Å²) < 4.78 is 5.17. The summed E-state index contributed by atoms with van der Waals surface area (Å²) in [6, 6.07) is 8.75. The van der Waals surface area contributed by atoms with Gasteiger partial charge >= 0.3 is 0 Å². The molecular formula is C18H28N2O2. The van der Waals surface area contributed by atoms with Crippen molar-refractivity contribution in [2.45, 2.75) is 39.2 Å². The molecule has 1 heterocycles. The van der Waals surface area contributed by atoms with Crippen LogP contribution in [0.3, 0.4) is 0 Å². The van der Waals surface area contributed by atoms with E-state index in [1.54, 1.807) is 7.11 Å². The molecule has 2 rings (SSSR count). The van der Waals surface area contributed by atoms with Crippen molar-refractivity contribution < 1.29 is 9.53 Å². The van der Waals surface area contributed by atoms with E-state index < -0.39 is 5.41 Å². The molecule has 1 atom stereocenters. The number of carbonyl (C=O) groups excluding carboxylic acids is 1. The summed E-state index contributed by atoms with van der Waals surface area (Å²) in [6.07, 6.45) is 3.66. The molecule has 1 unspecified atom stereocenters. The number of methoxy groups -OCH3 is 1. The van der Waals surface area contributed by atoms with E-state index >= 15 is 0 Å². The first-order chi connectivity index (χ1) is 10.6. The van der Waals surface area contributed by atoms with E-state index in [4.69, 9.17) is 10.5 Å². The molecule has 1 aromatic rings. The minimum atomic E-state index is -0.433. The fraction of sp³-hybridized carbons (Fsp3) is 0.611. The van der Waals surface area contributed by atoms with Crippen molar-refractivity contribution in [2.24, 2.45) is 11.1 Å². The number of amides is 1. The zero-order valence-corrected chi connectivity index (χ0v) is 13.8. The summed E-state index contributed by atoms with van der Waals surface area (Å²) in [5, 5.41) is 0. The normalized spacial score (nSPS) is 22.6. The maximum Gasteiger partial charge on any atom is 0.225 e. The van der Waals surface area contributed by atoms with Gasteiger partial charge < -0.3 is 10.5 Å². The molecule has 1 aliphatic heterocycles. The average Bonchev–Trinajstić information content (AvgIpc) is 2.54. The summed E-state index contributed by atoms with van der Waals surface area (Å²) in [6.45, 7) is 5.39. The second-order valence-electron chi connectivity index (χ2n) is 6.37. The molecule has 1 amide bonds. The zero-order chi connectivity index (χ0) is 16.0. The minimum absolute atomic E-state index is 0.185. The fourth-order valence-corrected chi connectivity index (χ4v) is 3.33. The minimum Gasteiger partial charge on any atom is -0.385 e. The number of hydrogen-bond acceptors (Lipinski definition) is 3. The first kappa shape index (κ1) is 17.0. The van der Waals surface area contributed by atoms with E-state index in [0.29, 0.717) is 13.0 Å². The number of nitrogens with two attached hydrogens (primary N) is 1. The molecule has 1 aliphatic rings. The van der Waals surface area contributed by atoms with Gasteiger partial charge in [-0.3, -0.25) is 9.69 Å². The molecule has 22 heavy (non-hydrogen) atoms. The van der Waals surface area contributed by atoms with E-state index in [1.165, 1.54) is 11.1 Å². The van der Waals surface area contributed by atoms with Crippen LogP contribution in [0, 0.1) is 5.41 Å². The van der Waals surface area contributed by atoms with Crippen LogP contribution in [-0.4, -0.2) is 37.6 Å². The van der Waals surface area contributed by atoms with Crippen LogP contribution >= 0.6 is 0 Å². The van der Waals surface area contributed by atoms with Crippen molar-refractivity contribution in [2.75, 3.05) is 26.8 Å². The molecule has 1 fully saturated rings. The van der Waals surface area contributed by atoms with Gasteiger partial charge in [0.1, 0.15) is 0 Å². The number of likely N-dealkylation sites (tertiary alicyclic amines) is 1. The third-order valence-electron chi connectivity index (χ3n) is 4.80. The van der Waals surface area contributed by atoms with Crippen LogP contribution in [0.2, 0.25) is 0 Å². The highest BCUT2D eigenvalue weighted by Crippen LogP contribution is 2.34. The number of rotatable bonds is 7. The number of aryl methyl sites for hydroxylation is 1. The highest BCUT2D eigenvalue weighted by Gasteiger charge is 2.40. The second kappa shape index (κ2) is 7.75. The molecule has 1 saturated heterocycles. The predicted octanol–water partition coefficient (Wildman–Crippen LogP) is 2.35. The molecule has 4 nitrogen and oxygen atoms in total. The number of piperidine rings is 1. The van der Waals surface area contributed by atoms with Crippen molar-refractivity contribution >= 4 is 5.91 Å². The van der Waals surface area contributed by atoms with Crippen molar-refractivity contribution in [3.63, 3.8) is 0 Å². The molecule has 122 valence electrons. The lowest BCUT2D eigenvalue weighted by atomic mass is 9.76. The van der Waals surface area contributed by atoms with Crippen molar-refractivity contribution in [3.8, 4) is 0 Å². The Hall–Kier alpha value is -1.39. The quantitative estimate of drug-likeness (QED) is 0.841. The van der Waals surface area contributed by atoms with Gasteiger partial charge in [-0.05, 0) is 43.4 Å². The number of benzene rings is 1. The zero-order valence-electron chi connectivity index (χ0n) is 13.8. The Bertz CT molecular complexity index is 486. The number of nitrogens with zero attached hydrogens (tertiary/aromatic N) is 1. The SMILES string of the molecule is CCc1ccc(CN2CCCC(CCOC)(C(N)=O)C2)cc1. The number of carbonyl (C=O) groups is 1. The summed E-state index contributed by atoms with van der Waals surface area (Å²) in [4.78, 5) is 14.4. The molecule has 0 radical (unpaired) electrons. The highest BCUT2D eigenvalue weighted by molar-refractivity contribution is 5.81. The van der Waals surface area contributed by atoms with Crippen molar-refractivity contribution in [1.29, 1.82) is 0 Å². The Labute approximate surface area is 133 Å². The van der Waals surface area contributed by atoms with Crippen LogP contribution in [0.15, 0.2) is 24.3 Å². The third kappa shape index (κ3) is 4.08. The van der Waals surface area contributed by atoms with E-state index in [1.807, 2.05) is 0 Å². The first-order valence-corrected chi connectivity index (χ1v) is 8.18. The molecule has 0 saturated carbocycles. The summed E-state index contributed by atoms with van der Waals surface area (Å²) in [5.74, 6) is -0.185. The topological polar surface area (TPSA) is 55.6 Å². The lowest BCUT2D eigenvalue weighted by Crippen LogP contribution is -2.50. The van der Waals surface area contributed by atoms with Crippen LogP contribution in [0.5, 0.6) is 0 Å². The van der Waals surface area contributed by atoms with Crippen LogP contribution in [0.25, 0.3) is 0 Å². The Balaban J connectivity index is 2.03. The number of hydrogen-bond donors (Lipinski definition) is 1. The predicted molar refractivity (Wildman–Crippen MR) is 88.5 cm³/mol. The van der Waals surface area contributed by atoms with Crippen molar-refractivity contribution in [3.05, 3.63) is 35.4 Å². The Morgan fingerprint density at radius 1 is 1.32 bits per heavy atom. The van der Waals surface area contributed by atoms with Gasteiger partial charge in [0.2, 0.25) is 5.91 Å². The number of ether oxygens (including phenoxy) is 1. The smallest absolute Gasteiger partial charge is 0.225 e. The van der Waals surface area contributed by atoms with Gasteiger partial charge in [-0.15, -0.1) is 0 Å². The van der Waals surface area contributed by atoms with Gasteiger partial charge in [0.15, 0.2) is 0 Å². The lowest BCUT2D eigenvalue weighted by molar-refractivity contribution is -0.132. The van der Waals surface area contributed by atoms with Gasteiger partial charge in [0, 0.05) is 26.8 Å². The Morgan fingerprint density at radius 2 is 2.00 bits per heavy atom. The lowest BCUT2D eigenvalue weighted by Gasteiger charge is -2.40. The van der Waals surface area contributed by atoms with E-state index in [-0.39, 0.29) is 5.91 Å². The molecule has 2 N–H and O–H groups in total. The molecule has 1 aromatic carbocycles. The number of primary amides is 1. The van der Waals surface area contributed by atoms with Gasteiger partial charge in [-0.25, -0.2) is 0 Å². The molecule has 0 aliphatic carbocycles. The first-order valence-electron chi connectivity index (χ1n) is 8.18. The van der Waals surface area contributed by atoms with E-state index in [9.17, 15) is 4.79 Å². The largest absolute Gasteiger partial charge is 0.385 e. The maximum absolute atomic E-state index is 12.0. The monoisotopic (exact) mass is 304 g/mol. The van der Waals surface area contributed by atoms with Crippen LogP contribution < -0.4 is 5.73 Å². The van der Waals surface area contributed by atoms with Gasteiger partial charge in [0.05, 0.1) is 5.41 Å². The van der Waals surface area contributed by atoms with E-state index in [0.717, 1.165) is 38.9 Å².